The summed E-state index contributed by atoms with van der Waals surface area (Å²) >= 11 is 0. The van der Waals surface area contributed by atoms with Crippen LogP contribution in [-0.4, -0.2) is 17.5 Å². The molecule has 4 nitrogen and oxygen atoms in total. The number of para-hydroxylation sites is 1. The number of hydrogen-bond donors (Lipinski definition) is 1. The zero-order valence-corrected chi connectivity index (χ0v) is 18.9. The van der Waals surface area contributed by atoms with Crippen molar-refractivity contribution in [1.29, 1.82) is 0 Å². The molecule has 1 unspecified atom stereocenters. The van der Waals surface area contributed by atoms with Gasteiger partial charge >= 0.3 is 0 Å². The van der Waals surface area contributed by atoms with Crippen LogP contribution in [0.4, 0.5) is 0 Å². The van der Waals surface area contributed by atoms with Crippen molar-refractivity contribution >= 4 is 20.9 Å². The number of rotatable bonds is 5. The molecule has 0 aliphatic heterocycles. The van der Waals surface area contributed by atoms with Crippen LogP contribution in [0.2, 0.25) is 0 Å². The fourth-order valence-electron chi connectivity index (χ4n) is 4.26. The molecule has 0 saturated heterocycles. The number of fused-ring (bicyclic) bond motifs is 1. The standard InChI is InChI=1S/C28H23NO3S/c1-20-16-18-23(19-17-20)33(31,32)29-25-15-9-8-14-24(25)26(21-10-4-2-5-11-21)27(29)28(30)22-12-6-3-7-13-22/h2-19,28,30H,1H3. The Labute approximate surface area is 193 Å². The van der Waals surface area contributed by atoms with Crippen LogP contribution in [0.5, 0.6) is 0 Å². The molecule has 0 saturated carbocycles. The summed E-state index contributed by atoms with van der Waals surface area (Å²) in [6.45, 7) is 1.92. The van der Waals surface area contributed by atoms with Crippen LogP contribution in [-0.2, 0) is 10.0 Å². The molecule has 0 aliphatic carbocycles. The van der Waals surface area contributed by atoms with Crippen molar-refractivity contribution in [3.05, 3.63) is 126 Å². The number of aliphatic hydroxyl groups excluding tert-OH is 1. The maximum atomic E-state index is 14.0. The average Bonchev–Trinajstić information content (AvgIpc) is 3.21. The van der Waals surface area contributed by atoms with Crippen molar-refractivity contribution in [2.24, 2.45) is 0 Å². The second-order valence-corrected chi connectivity index (χ2v) is 9.83. The van der Waals surface area contributed by atoms with Gasteiger partial charge in [0.2, 0.25) is 0 Å². The monoisotopic (exact) mass is 453 g/mol. The van der Waals surface area contributed by atoms with Crippen LogP contribution in [0.15, 0.2) is 114 Å². The molecule has 5 rings (SSSR count). The van der Waals surface area contributed by atoms with E-state index in [1.807, 2.05) is 73.7 Å². The van der Waals surface area contributed by atoms with Gasteiger partial charge in [-0.2, -0.15) is 0 Å². The summed E-state index contributed by atoms with van der Waals surface area (Å²) in [7, 11) is -4.00. The number of aryl methyl sites for hydroxylation is 1. The van der Waals surface area contributed by atoms with Crippen molar-refractivity contribution in [3.63, 3.8) is 0 Å². The highest BCUT2D eigenvalue weighted by atomic mass is 32.2. The number of aromatic nitrogens is 1. The first-order valence-electron chi connectivity index (χ1n) is 10.7. The van der Waals surface area contributed by atoms with Gasteiger partial charge in [0.25, 0.3) is 10.0 Å². The first kappa shape index (κ1) is 21.2. The van der Waals surface area contributed by atoms with Crippen molar-refractivity contribution in [3.8, 4) is 11.1 Å². The Hall–Kier alpha value is -3.67. The van der Waals surface area contributed by atoms with Gasteiger partial charge in [-0.25, -0.2) is 12.4 Å². The molecule has 1 aromatic heterocycles. The normalized spacial score (nSPS) is 12.7. The largest absolute Gasteiger partial charge is 0.382 e. The minimum absolute atomic E-state index is 0.176. The van der Waals surface area contributed by atoms with Gasteiger partial charge < -0.3 is 5.11 Å². The van der Waals surface area contributed by atoms with E-state index in [2.05, 4.69) is 0 Å². The summed E-state index contributed by atoms with van der Waals surface area (Å²) in [5.74, 6) is 0. The third-order valence-electron chi connectivity index (χ3n) is 5.86. The molecule has 4 aromatic carbocycles. The van der Waals surface area contributed by atoms with E-state index >= 15 is 0 Å². The Kier molecular flexibility index (Phi) is 5.36. The van der Waals surface area contributed by atoms with Crippen LogP contribution >= 0.6 is 0 Å². The molecule has 1 atom stereocenters. The summed E-state index contributed by atoms with van der Waals surface area (Å²) in [6, 6.07) is 32.9. The van der Waals surface area contributed by atoms with Gasteiger partial charge in [0.15, 0.2) is 0 Å². The Bertz CT molecular complexity index is 1520. The molecule has 33 heavy (non-hydrogen) atoms. The summed E-state index contributed by atoms with van der Waals surface area (Å²) in [6.07, 6.45) is -1.14. The molecular formula is C28H23NO3S. The Morgan fingerprint density at radius 2 is 1.30 bits per heavy atom. The van der Waals surface area contributed by atoms with Gasteiger partial charge in [0.05, 0.1) is 16.1 Å². The van der Waals surface area contributed by atoms with E-state index < -0.39 is 16.1 Å². The van der Waals surface area contributed by atoms with E-state index in [0.717, 1.165) is 16.5 Å². The SMILES string of the molecule is Cc1ccc(S(=O)(=O)n2c(C(O)c3ccccc3)c(-c3ccccc3)c3ccccc32)cc1. The van der Waals surface area contributed by atoms with E-state index in [1.54, 1.807) is 42.5 Å². The smallest absolute Gasteiger partial charge is 0.268 e. The van der Waals surface area contributed by atoms with Crippen LogP contribution in [0, 0.1) is 6.92 Å². The first-order chi connectivity index (χ1) is 16.0. The Morgan fingerprint density at radius 1 is 0.727 bits per heavy atom. The van der Waals surface area contributed by atoms with Gasteiger partial charge in [0, 0.05) is 10.9 Å². The first-order valence-corrected chi connectivity index (χ1v) is 12.2. The third kappa shape index (κ3) is 3.65. The third-order valence-corrected chi connectivity index (χ3v) is 7.61. The van der Waals surface area contributed by atoms with Gasteiger partial charge in [-0.1, -0.05) is 96.6 Å². The van der Waals surface area contributed by atoms with Crippen LogP contribution in [0.3, 0.4) is 0 Å². The summed E-state index contributed by atoms with van der Waals surface area (Å²) < 4.78 is 29.3. The lowest BCUT2D eigenvalue weighted by Gasteiger charge is -2.18. The highest BCUT2D eigenvalue weighted by molar-refractivity contribution is 7.90. The van der Waals surface area contributed by atoms with Gasteiger partial charge in [-0.05, 0) is 36.2 Å². The summed E-state index contributed by atoms with van der Waals surface area (Å²) in [5.41, 5.74) is 4.00. The number of benzene rings is 4. The fourth-order valence-corrected chi connectivity index (χ4v) is 5.81. The molecule has 0 spiro atoms. The molecule has 0 fully saturated rings. The predicted molar refractivity (Wildman–Crippen MR) is 132 cm³/mol. The highest BCUT2D eigenvalue weighted by Crippen LogP contribution is 2.41. The Balaban J connectivity index is 1.90. The van der Waals surface area contributed by atoms with Crippen molar-refractivity contribution < 1.29 is 13.5 Å². The predicted octanol–water partition coefficient (Wildman–Crippen LogP) is 5.94. The molecule has 164 valence electrons. The molecule has 0 bridgehead atoms. The van der Waals surface area contributed by atoms with Crippen molar-refractivity contribution in [1.82, 2.24) is 3.97 Å². The average molecular weight is 454 g/mol. The van der Waals surface area contributed by atoms with Gasteiger partial charge in [-0.3, -0.25) is 0 Å². The van der Waals surface area contributed by atoms with Crippen LogP contribution < -0.4 is 0 Å². The number of aliphatic hydroxyl groups is 1. The Morgan fingerprint density at radius 3 is 1.97 bits per heavy atom. The highest BCUT2D eigenvalue weighted by Gasteiger charge is 2.31. The molecular weight excluding hydrogens is 430 g/mol. The number of hydrogen-bond acceptors (Lipinski definition) is 3. The number of nitrogens with zero attached hydrogens (tertiary/aromatic N) is 1. The van der Waals surface area contributed by atoms with E-state index in [-0.39, 0.29) is 4.90 Å². The molecule has 1 N–H and O–H groups in total. The van der Waals surface area contributed by atoms with E-state index in [0.29, 0.717) is 22.3 Å². The summed E-state index contributed by atoms with van der Waals surface area (Å²) in [5, 5.41) is 12.4. The molecule has 0 radical (unpaired) electrons. The van der Waals surface area contributed by atoms with E-state index in [4.69, 9.17) is 0 Å². The lowest BCUT2D eigenvalue weighted by Crippen LogP contribution is -2.18. The minimum Gasteiger partial charge on any atom is -0.382 e. The molecule has 0 aliphatic rings. The van der Waals surface area contributed by atoms with Crippen LogP contribution in [0.25, 0.3) is 22.0 Å². The molecule has 5 heteroatoms. The van der Waals surface area contributed by atoms with E-state index in [9.17, 15) is 13.5 Å². The molecule has 1 heterocycles. The maximum absolute atomic E-state index is 14.0. The van der Waals surface area contributed by atoms with Crippen molar-refractivity contribution in [2.75, 3.05) is 0 Å². The van der Waals surface area contributed by atoms with Gasteiger partial charge in [0.1, 0.15) is 6.10 Å². The van der Waals surface area contributed by atoms with Crippen molar-refractivity contribution in [2.45, 2.75) is 17.9 Å². The second-order valence-electron chi connectivity index (χ2n) is 8.04. The lowest BCUT2D eigenvalue weighted by molar-refractivity contribution is 0.215. The fraction of sp³-hybridized carbons (Fsp3) is 0.0714. The topological polar surface area (TPSA) is 59.3 Å². The second kappa shape index (κ2) is 8.35. The van der Waals surface area contributed by atoms with Gasteiger partial charge in [-0.15, -0.1) is 0 Å². The molecule has 5 aromatic rings. The molecule has 0 amide bonds. The quantitative estimate of drug-likeness (QED) is 0.358. The zero-order chi connectivity index (χ0) is 23.0. The van der Waals surface area contributed by atoms with E-state index in [1.165, 1.54) is 3.97 Å². The zero-order valence-electron chi connectivity index (χ0n) is 18.1. The minimum atomic E-state index is -4.00. The lowest BCUT2D eigenvalue weighted by atomic mass is 9.97. The summed E-state index contributed by atoms with van der Waals surface area (Å²) in [4.78, 5) is 0.176. The van der Waals surface area contributed by atoms with Crippen LogP contribution in [0.1, 0.15) is 22.9 Å². The maximum Gasteiger partial charge on any atom is 0.268 e.